The van der Waals surface area contributed by atoms with E-state index >= 15 is 0 Å². The Labute approximate surface area is 88.9 Å². The molecule has 2 amide bonds. The van der Waals surface area contributed by atoms with Crippen LogP contribution in [-0.4, -0.2) is 35.0 Å². The number of carbonyl (C=O) groups is 2. The highest BCUT2D eigenvalue weighted by Crippen LogP contribution is 2.39. The molecule has 0 N–H and O–H groups in total. The summed E-state index contributed by atoms with van der Waals surface area (Å²) in [5.74, 6) is -0.398. The lowest BCUT2D eigenvalue weighted by atomic mass is 10.0. The zero-order chi connectivity index (χ0) is 11.1. The van der Waals surface area contributed by atoms with Crippen LogP contribution in [0, 0.1) is 0 Å². The number of amides is 2. The molecule has 1 fully saturated rings. The third-order valence-corrected chi connectivity index (χ3v) is 3.20. The van der Waals surface area contributed by atoms with Crippen LogP contribution in [0.1, 0.15) is 26.7 Å². The molecule has 2 rings (SSSR count). The largest absolute Gasteiger partial charge is 0.367 e. The minimum atomic E-state index is -0.199. The lowest BCUT2D eigenvalue weighted by Crippen LogP contribution is -2.31. The minimum Gasteiger partial charge on any atom is -0.367 e. The van der Waals surface area contributed by atoms with Gasteiger partial charge in [-0.3, -0.25) is 14.5 Å². The molecule has 0 spiro atoms. The molecule has 0 saturated carbocycles. The van der Waals surface area contributed by atoms with E-state index in [1.54, 1.807) is 0 Å². The zero-order valence-electron chi connectivity index (χ0n) is 9.03. The summed E-state index contributed by atoms with van der Waals surface area (Å²) in [7, 11) is 0. The van der Waals surface area contributed by atoms with Crippen molar-refractivity contribution in [1.29, 1.82) is 0 Å². The molecule has 2 atom stereocenters. The van der Waals surface area contributed by atoms with E-state index in [9.17, 15) is 9.59 Å². The Bertz CT molecular complexity index is 319. The molecule has 0 aromatic rings. The molecule has 15 heavy (non-hydrogen) atoms. The molecule has 0 aliphatic carbocycles. The maximum Gasteiger partial charge on any atom is 0.253 e. The van der Waals surface area contributed by atoms with Crippen LogP contribution < -0.4 is 0 Å². The summed E-state index contributed by atoms with van der Waals surface area (Å²) >= 11 is 0. The van der Waals surface area contributed by atoms with Crippen molar-refractivity contribution in [2.45, 2.75) is 38.4 Å². The van der Waals surface area contributed by atoms with E-state index in [0.717, 1.165) is 12.8 Å². The van der Waals surface area contributed by atoms with Crippen LogP contribution in [-0.2, 0) is 14.3 Å². The van der Waals surface area contributed by atoms with Crippen molar-refractivity contribution in [3.63, 3.8) is 0 Å². The Morgan fingerprint density at radius 3 is 2.40 bits per heavy atom. The van der Waals surface area contributed by atoms with Crippen molar-refractivity contribution >= 4 is 11.8 Å². The van der Waals surface area contributed by atoms with Crippen LogP contribution >= 0.6 is 0 Å². The van der Waals surface area contributed by atoms with Gasteiger partial charge in [-0.2, -0.15) is 0 Å². The molecule has 2 aliphatic rings. The number of hydrogen-bond acceptors (Lipinski definition) is 3. The van der Waals surface area contributed by atoms with Crippen molar-refractivity contribution in [1.82, 2.24) is 4.90 Å². The molecule has 2 aliphatic heterocycles. The summed E-state index contributed by atoms with van der Waals surface area (Å²) in [5, 5.41) is 0. The number of ether oxygens (including phenoxy) is 1. The summed E-state index contributed by atoms with van der Waals surface area (Å²) in [6, 6.07) is 0. The van der Waals surface area contributed by atoms with Crippen LogP contribution in [0.5, 0.6) is 0 Å². The van der Waals surface area contributed by atoms with Crippen LogP contribution in [0.15, 0.2) is 12.2 Å². The zero-order valence-corrected chi connectivity index (χ0v) is 9.03. The van der Waals surface area contributed by atoms with E-state index in [0.29, 0.717) is 12.6 Å². The number of imide groups is 1. The molecule has 1 saturated heterocycles. The fraction of sp³-hybridized carbons (Fsp3) is 0.636. The lowest BCUT2D eigenvalue weighted by molar-refractivity contribution is -0.136. The number of rotatable bonds is 4. The molecular weight excluding hydrogens is 194 g/mol. The van der Waals surface area contributed by atoms with Crippen LogP contribution in [0.25, 0.3) is 0 Å². The van der Waals surface area contributed by atoms with Crippen molar-refractivity contribution < 1.29 is 14.3 Å². The quantitative estimate of drug-likeness (QED) is 0.510. The normalized spacial score (nSPS) is 34.0. The monoisotopic (exact) mass is 209 g/mol. The van der Waals surface area contributed by atoms with Gasteiger partial charge in [-0.05, 0) is 26.7 Å². The van der Waals surface area contributed by atoms with Gasteiger partial charge in [0.15, 0.2) is 0 Å². The lowest BCUT2D eigenvalue weighted by Gasteiger charge is -2.14. The first-order valence-electron chi connectivity index (χ1n) is 5.24. The highest BCUT2D eigenvalue weighted by molar-refractivity contribution is 6.12. The van der Waals surface area contributed by atoms with Crippen LogP contribution in [0.3, 0.4) is 0 Å². The van der Waals surface area contributed by atoms with Gasteiger partial charge >= 0.3 is 0 Å². The van der Waals surface area contributed by atoms with Gasteiger partial charge in [0.05, 0.1) is 11.7 Å². The van der Waals surface area contributed by atoms with Crippen molar-refractivity contribution in [3.05, 3.63) is 12.2 Å². The van der Waals surface area contributed by atoms with Crippen LogP contribution in [0.4, 0.5) is 0 Å². The Morgan fingerprint density at radius 2 is 1.93 bits per heavy atom. The first kappa shape index (κ1) is 10.4. The van der Waals surface area contributed by atoms with E-state index < -0.39 is 0 Å². The molecule has 0 aromatic heterocycles. The van der Waals surface area contributed by atoms with Crippen LogP contribution in [0.2, 0.25) is 0 Å². The first-order valence-corrected chi connectivity index (χ1v) is 5.24. The van der Waals surface area contributed by atoms with Gasteiger partial charge in [-0.1, -0.05) is 0 Å². The summed E-state index contributed by atoms with van der Waals surface area (Å²) in [5.41, 5.74) is -0.0285. The first-order chi connectivity index (χ1) is 7.03. The molecule has 4 nitrogen and oxygen atoms in total. The fourth-order valence-electron chi connectivity index (χ4n) is 1.87. The molecule has 4 heteroatoms. The number of epoxide rings is 1. The molecule has 0 bridgehead atoms. The van der Waals surface area contributed by atoms with Crippen molar-refractivity contribution in [2.75, 3.05) is 6.54 Å². The maximum absolute atomic E-state index is 11.2. The SMILES string of the molecule is CC1OC1(C)CCCN1C(=O)C=CC1=O. The standard InChI is InChI=1S/C11H15NO3/c1-8-11(2,15-8)6-3-7-12-9(13)4-5-10(12)14/h4-5,8H,3,6-7H2,1-2H3. The molecular formula is C11H15NO3. The predicted molar refractivity (Wildman–Crippen MR) is 54.0 cm³/mol. The summed E-state index contributed by atoms with van der Waals surface area (Å²) in [6.45, 7) is 4.59. The number of nitrogens with zero attached hydrogens (tertiary/aromatic N) is 1. The number of carbonyl (C=O) groups excluding carboxylic acids is 2. The highest BCUT2D eigenvalue weighted by Gasteiger charge is 2.47. The van der Waals surface area contributed by atoms with Gasteiger partial charge in [0.1, 0.15) is 0 Å². The Balaban J connectivity index is 1.75. The summed E-state index contributed by atoms with van der Waals surface area (Å²) in [6.07, 6.45) is 4.65. The fourth-order valence-corrected chi connectivity index (χ4v) is 1.87. The molecule has 2 heterocycles. The number of hydrogen-bond donors (Lipinski definition) is 0. The molecule has 2 unspecified atom stereocenters. The van der Waals surface area contributed by atoms with E-state index in [-0.39, 0.29) is 17.4 Å². The Hall–Kier alpha value is -1.16. The molecule has 0 aromatic carbocycles. The Morgan fingerprint density at radius 1 is 1.40 bits per heavy atom. The van der Waals surface area contributed by atoms with E-state index in [4.69, 9.17) is 4.74 Å². The smallest absolute Gasteiger partial charge is 0.253 e. The highest BCUT2D eigenvalue weighted by atomic mass is 16.6. The van der Waals surface area contributed by atoms with Gasteiger partial charge in [-0.15, -0.1) is 0 Å². The summed E-state index contributed by atoms with van der Waals surface area (Å²) in [4.78, 5) is 23.7. The average molecular weight is 209 g/mol. The molecule has 0 radical (unpaired) electrons. The van der Waals surface area contributed by atoms with Crippen molar-refractivity contribution in [2.24, 2.45) is 0 Å². The second-order valence-electron chi connectivity index (χ2n) is 4.34. The predicted octanol–water partition coefficient (Wildman–Crippen LogP) is 0.869. The third kappa shape index (κ3) is 1.95. The van der Waals surface area contributed by atoms with Gasteiger partial charge in [0, 0.05) is 18.7 Å². The topological polar surface area (TPSA) is 49.9 Å². The van der Waals surface area contributed by atoms with Gasteiger partial charge in [-0.25, -0.2) is 0 Å². The van der Waals surface area contributed by atoms with E-state index in [1.165, 1.54) is 17.1 Å². The average Bonchev–Trinajstić information content (AvgIpc) is 2.64. The van der Waals surface area contributed by atoms with Gasteiger partial charge in [0.25, 0.3) is 11.8 Å². The minimum absolute atomic E-state index is 0.0285. The second kappa shape index (κ2) is 3.45. The van der Waals surface area contributed by atoms with Gasteiger partial charge in [0.2, 0.25) is 0 Å². The van der Waals surface area contributed by atoms with E-state index in [2.05, 4.69) is 6.92 Å². The van der Waals surface area contributed by atoms with Crippen molar-refractivity contribution in [3.8, 4) is 0 Å². The molecule has 82 valence electrons. The Kier molecular flexibility index (Phi) is 2.38. The second-order valence-corrected chi connectivity index (χ2v) is 4.34. The third-order valence-electron chi connectivity index (χ3n) is 3.20. The summed E-state index contributed by atoms with van der Waals surface area (Å²) < 4.78 is 5.42. The maximum atomic E-state index is 11.2. The van der Waals surface area contributed by atoms with Gasteiger partial charge < -0.3 is 4.74 Å². The van der Waals surface area contributed by atoms with E-state index in [1.807, 2.05) is 6.92 Å².